The SMILES string of the molecule is Nc1ccc(NN2C(=O)CCC2C(=O)O)cc1. The summed E-state index contributed by atoms with van der Waals surface area (Å²) >= 11 is 0. The van der Waals surface area contributed by atoms with Gasteiger partial charge in [-0.15, -0.1) is 0 Å². The Labute approximate surface area is 98.0 Å². The molecule has 0 aromatic heterocycles. The van der Waals surface area contributed by atoms with Gasteiger partial charge in [0.15, 0.2) is 6.04 Å². The maximum absolute atomic E-state index is 11.5. The number of hydrazine groups is 1. The zero-order valence-electron chi connectivity index (χ0n) is 9.09. The topological polar surface area (TPSA) is 95.7 Å². The molecule has 0 bridgehead atoms. The fourth-order valence-electron chi connectivity index (χ4n) is 1.75. The minimum Gasteiger partial charge on any atom is -0.480 e. The lowest BCUT2D eigenvalue weighted by Crippen LogP contribution is -2.42. The predicted octanol–water partition coefficient (Wildman–Crippen LogP) is 0.671. The highest BCUT2D eigenvalue weighted by Crippen LogP contribution is 2.21. The Balaban J connectivity index is 2.13. The highest BCUT2D eigenvalue weighted by atomic mass is 16.4. The number of carbonyl (C=O) groups excluding carboxylic acids is 1. The zero-order chi connectivity index (χ0) is 12.4. The number of carboxylic acid groups (broad SMARTS) is 1. The third kappa shape index (κ3) is 2.30. The molecule has 1 heterocycles. The summed E-state index contributed by atoms with van der Waals surface area (Å²) in [4.78, 5) is 22.5. The van der Waals surface area contributed by atoms with Crippen LogP contribution in [0.25, 0.3) is 0 Å². The largest absolute Gasteiger partial charge is 0.480 e. The summed E-state index contributed by atoms with van der Waals surface area (Å²) in [7, 11) is 0. The van der Waals surface area contributed by atoms with Gasteiger partial charge in [0.05, 0.1) is 5.69 Å². The Hall–Kier alpha value is -2.24. The Morgan fingerprint density at radius 1 is 1.41 bits per heavy atom. The van der Waals surface area contributed by atoms with Crippen LogP contribution in [0.3, 0.4) is 0 Å². The van der Waals surface area contributed by atoms with Gasteiger partial charge in [0.2, 0.25) is 5.91 Å². The van der Waals surface area contributed by atoms with Gasteiger partial charge in [-0.05, 0) is 30.7 Å². The lowest BCUT2D eigenvalue weighted by Gasteiger charge is -2.23. The first-order chi connectivity index (χ1) is 8.08. The number of rotatable bonds is 3. The molecule has 1 unspecified atom stereocenters. The van der Waals surface area contributed by atoms with Gasteiger partial charge in [0, 0.05) is 12.1 Å². The van der Waals surface area contributed by atoms with Crippen molar-refractivity contribution in [1.82, 2.24) is 5.01 Å². The molecular formula is C11H13N3O3. The third-order valence-electron chi connectivity index (χ3n) is 2.66. The number of hydrogen-bond acceptors (Lipinski definition) is 4. The van der Waals surface area contributed by atoms with Crippen LogP contribution in [0.1, 0.15) is 12.8 Å². The lowest BCUT2D eigenvalue weighted by atomic mass is 10.2. The number of nitrogens with zero attached hydrogens (tertiary/aromatic N) is 1. The van der Waals surface area contributed by atoms with Gasteiger partial charge in [0.25, 0.3) is 0 Å². The number of nitrogens with one attached hydrogen (secondary N) is 1. The molecule has 1 saturated heterocycles. The second-order valence-electron chi connectivity index (χ2n) is 3.89. The van der Waals surface area contributed by atoms with Gasteiger partial charge in [-0.3, -0.25) is 10.2 Å². The van der Waals surface area contributed by atoms with Crippen LogP contribution in [-0.4, -0.2) is 28.0 Å². The van der Waals surface area contributed by atoms with Gasteiger partial charge in [-0.25, -0.2) is 9.80 Å². The number of anilines is 2. The third-order valence-corrected chi connectivity index (χ3v) is 2.66. The van der Waals surface area contributed by atoms with E-state index in [1.54, 1.807) is 24.3 Å². The van der Waals surface area contributed by atoms with Crippen molar-refractivity contribution in [2.24, 2.45) is 0 Å². The molecule has 0 saturated carbocycles. The van der Waals surface area contributed by atoms with Crippen LogP contribution in [-0.2, 0) is 9.59 Å². The van der Waals surface area contributed by atoms with Crippen LogP contribution >= 0.6 is 0 Å². The van der Waals surface area contributed by atoms with Crippen LogP contribution in [0.4, 0.5) is 11.4 Å². The fraction of sp³-hybridized carbons (Fsp3) is 0.273. The molecule has 1 aromatic rings. The summed E-state index contributed by atoms with van der Waals surface area (Å²) in [6, 6.07) is 5.94. The monoisotopic (exact) mass is 235 g/mol. The molecule has 1 amide bonds. The minimum atomic E-state index is -1.00. The summed E-state index contributed by atoms with van der Waals surface area (Å²) in [5, 5.41) is 10.1. The molecule has 1 aromatic carbocycles. The molecule has 1 aliphatic rings. The number of hydrogen-bond donors (Lipinski definition) is 3. The fourth-order valence-corrected chi connectivity index (χ4v) is 1.75. The maximum atomic E-state index is 11.5. The van der Waals surface area contributed by atoms with Gasteiger partial charge in [-0.1, -0.05) is 0 Å². The lowest BCUT2D eigenvalue weighted by molar-refractivity contribution is -0.145. The molecule has 0 radical (unpaired) electrons. The molecule has 1 aliphatic heterocycles. The quantitative estimate of drug-likeness (QED) is 0.669. The van der Waals surface area contributed by atoms with Crippen LogP contribution < -0.4 is 11.2 Å². The van der Waals surface area contributed by atoms with E-state index in [-0.39, 0.29) is 12.3 Å². The van der Waals surface area contributed by atoms with Crippen molar-refractivity contribution in [3.63, 3.8) is 0 Å². The van der Waals surface area contributed by atoms with Gasteiger partial charge >= 0.3 is 5.97 Å². The van der Waals surface area contributed by atoms with Crippen molar-refractivity contribution in [2.75, 3.05) is 11.2 Å². The number of benzene rings is 1. The number of aliphatic carboxylic acids is 1. The van der Waals surface area contributed by atoms with E-state index in [9.17, 15) is 9.59 Å². The van der Waals surface area contributed by atoms with E-state index in [2.05, 4.69) is 5.43 Å². The summed E-state index contributed by atoms with van der Waals surface area (Å²) in [5.74, 6) is -1.21. The molecule has 0 spiro atoms. The van der Waals surface area contributed by atoms with Crippen molar-refractivity contribution in [2.45, 2.75) is 18.9 Å². The molecule has 1 fully saturated rings. The minimum absolute atomic E-state index is 0.214. The Bertz CT molecular complexity index is 444. The van der Waals surface area contributed by atoms with Crippen molar-refractivity contribution in [1.29, 1.82) is 0 Å². The van der Waals surface area contributed by atoms with Crippen molar-refractivity contribution in [3.05, 3.63) is 24.3 Å². The van der Waals surface area contributed by atoms with Crippen molar-refractivity contribution in [3.8, 4) is 0 Å². The summed E-state index contributed by atoms with van der Waals surface area (Å²) in [5.41, 5.74) is 9.58. The first-order valence-electron chi connectivity index (χ1n) is 5.25. The maximum Gasteiger partial charge on any atom is 0.328 e. The van der Waals surface area contributed by atoms with Crippen LogP contribution in [0.15, 0.2) is 24.3 Å². The zero-order valence-corrected chi connectivity index (χ0v) is 9.09. The number of nitrogens with two attached hydrogens (primary N) is 1. The van der Waals surface area contributed by atoms with E-state index in [1.807, 2.05) is 0 Å². The van der Waals surface area contributed by atoms with Gasteiger partial charge in [-0.2, -0.15) is 0 Å². The highest BCUT2D eigenvalue weighted by Gasteiger charge is 2.36. The Morgan fingerprint density at radius 2 is 2.06 bits per heavy atom. The Kier molecular flexibility index (Phi) is 2.86. The first kappa shape index (κ1) is 11.3. The molecule has 1 atom stereocenters. The Morgan fingerprint density at radius 3 is 2.65 bits per heavy atom. The van der Waals surface area contributed by atoms with Crippen molar-refractivity contribution < 1.29 is 14.7 Å². The highest BCUT2D eigenvalue weighted by molar-refractivity contribution is 5.88. The second kappa shape index (κ2) is 4.32. The van der Waals surface area contributed by atoms with E-state index >= 15 is 0 Å². The van der Waals surface area contributed by atoms with Gasteiger partial charge in [0.1, 0.15) is 0 Å². The molecule has 6 heteroatoms. The van der Waals surface area contributed by atoms with E-state index in [0.717, 1.165) is 5.01 Å². The summed E-state index contributed by atoms with van der Waals surface area (Å²) in [6.07, 6.45) is 0.578. The number of nitrogen functional groups attached to an aromatic ring is 1. The average molecular weight is 235 g/mol. The van der Waals surface area contributed by atoms with Crippen LogP contribution in [0.5, 0.6) is 0 Å². The van der Waals surface area contributed by atoms with E-state index in [4.69, 9.17) is 10.8 Å². The normalized spacial score (nSPS) is 19.4. The van der Waals surface area contributed by atoms with E-state index < -0.39 is 12.0 Å². The molecule has 4 N–H and O–H groups in total. The number of amides is 1. The average Bonchev–Trinajstić information content (AvgIpc) is 2.64. The number of carboxylic acids is 1. The molecule has 0 aliphatic carbocycles. The molecule has 6 nitrogen and oxygen atoms in total. The first-order valence-corrected chi connectivity index (χ1v) is 5.25. The second-order valence-corrected chi connectivity index (χ2v) is 3.89. The van der Waals surface area contributed by atoms with E-state index in [0.29, 0.717) is 17.8 Å². The molecule has 2 rings (SSSR count). The molecular weight excluding hydrogens is 222 g/mol. The van der Waals surface area contributed by atoms with E-state index in [1.165, 1.54) is 0 Å². The molecule has 17 heavy (non-hydrogen) atoms. The summed E-state index contributed by atoms with van der Waals surface area (Å²) in [6.45, 7) is 0. The molecule has 90 valence electrons. The van der Waals surface area contributed by atoms with Crippen LogP contribution in [0, 0.1) is 0 Å². The smallest absolute Gasteiger partial charge is 0.328 e. The predicted molar refractivity (Wildman–Crippen MR) is 62.0 cm³/mol. The van der Waals surface area contributed by atoms with Crippen molar-refractivity contribution >= 4 is 23.3 Å². The van der Waals surface area contributed by atoms with Gasteiger partial charge < -0.3 is 10.8 Å². The standard InChI is InChI=1S/C11H13N3O3/c12-7-1-3-8(4-2-7)13-14-9(11(16)17)5-6-10(14)15/h1-4,9,13H,5-6,12H2,(H,16,17). The number of carbonyl (C=O) groups is 2. The van der Waals surface area contributed by atoms with Crippen LogP contribution in [0.2, 0.25) is 0 Å². The summed E-state index contributed by atoms with van der Waals surface area (Å²) < 4.78 is 0.